The highest BCUT2D eigenvalue weighted by Gasteiger charge is 2.20. The minimum atomic E-state index is 1.03. The minimum absolute atomic E-state index is 1.03. The van der Waals surface area contributed by atoms with Crippen LogP contribution in [-0.4, -0.2) is 9.97 Å². The fourth-order valence-electron chi connectivity index (χ4n) is 4.88. The van der Waals surface area contributed by atoms with Crippen molar-refractivity contribution in [1.82, 2.24) is 9.97 Å². The second-order valence-corrected chi connectivity index (χ2v) is 7.63. The third-order valence-electron chi connectivity index (χ3n) is 6.14. The lowest BCUT2D eigenvalue weighted by Crippen LogP contribution is -1.80. The van der Waals surface area contributed by atoms with Gasteiger partial charge in [-0.15, -0.1) is 0 Å². The first-order valence-corrected chi connectivity index (χ1v) is 9.42. The zero-order chi connectivity index (χ0) is 17.5. The van der Waals surface area contributed by atoms with Crippen molar-refractivity contribution >= 4 is 43.6 Å². The lowest BCUT2D eigenvalue weighted by Gasteiger charge is -2.01. The number of nitrogens with one attached hydrogen (secondary N) is 2. The molecule has 2 heteroatoms. The predicted octanol–water partition coefficient (Wildman–Crippen LogP) is 6.53. The van der Waals surface area contributed by atoms with E-state index in [1.807, 2.05) is 0 Å². The Morgan fingerprint density at radius 2 is 1.19 bits per heavy atom. The van der Waals surface area contributed by atoms with Crippen molar-refractivity contribution in [3.8, 4) is 11.1 Å². The fourth-order valence-corrected chi connectivity index (χ4v) is 4.88. The summed E-state index contributed by atoms with van der Waals surface area (Å²) >= 11 is 0. The summed E-state index contributed by atoms with van der Waals surface area (Å²) in [6, 6.07) is 26.6. The largest absolute Gasteiger partial charge is 0.354 e. The highest BCUT2D eigenvalue weighted by Crippen LogP contribution is 2.41. The Morgan fingerprint density at radius 3 is 2.15 bits per heavy atom. The normalized spacial score (nSPS) is 13.0. The molecule has 1 aliphatic rings. The predicted molar refractivity (Wildman–Crippen MR) is 113 cm³/mol. The number of aromatic amines is 2. The monoisotopic (exact) mass is 344 g/mol. The summed E-state index contributed by atoms with van der Waals surface area (Å²) in [6.45, 7) is 0. The number of hydrogen-bond donors (Lipinski definition) is 2. The van der Waals surface area contributed by atoms with Gasteiger partial charge < -0.3 is 9.97 Å². The maximum absolute atomic E-state index is 3.65. The van der Waals surface area contributed by atoms with Crippen LogP contribution in [0.25, 0.3) is 54.7 Å². The van der Waals surface area contributed by atoms with Gasteiger partial charge in [0.2, 0.25) is 0 Å². The fraction of sp³-hybridized carbons (Fsp3) is 0.0400. The molecule has 0 atom stereocenters. The van der Waals surface area contributed by atoms with Crippen LogP contribution < -0.4 is 0 Å². The van der Waals surface area contributed by atoms with E-state index in [1.165, 1.54) is 65.9 Å². The summed E-state index contributed by atoms with van der Waals surface area (Å²) in [6.07, 6.45) is 1.03. The second kappa shape index (κ2) is 4.60. The van der Waals surface area contributed by atoms with Gasteiger partial charge >= 0.3 is 0 Å². The highest BCUT2D eigenvalue weighted by atomic mass is 14.7. The molecule has 0 spiro atoms. The van der Waals surface area contributed by atoms with Crippen molar-refractivity contribution in [3.05, 3.63) is 83.9 Å². The van der Waals surface area contributed by atoms with Gasteiger partial charge in [-0.3, -0.25) is 0 Å². The molecule has 0 radical (unpaired) electrons. The van der Waals surface area contributed by atoms with Crippen LogP contribution in [0.4, 0.5) is 0 Å². The molecule has 6 aromatic rings. The van der Waals surface area contributed by atoms with Crippen LogP contribution in [-0.2, 0) is 6.42 Å². The van der Waals surface area contributed by atoms with Crippen LogP contribution >= 0.6 is 0 Å². The first kappa shape index (κ1) is 13.7. The quantitative estimate of drug-likeness (QED) is 0.313. The van der Waals surface area contributed by atoms with Crippen LogP contribution in [0.3, 0.4) is 0 Å². The van der Waals surface area contributed by atoms with Crippen LogP contribution in [0.5, 0.6) is 0 Å². The Bertz CT molecular complexity index is 1550. The van der Waals surface area contributed by atoms with E-state index >= 15 is 0 Å². The number of para-hydroxylation sites is 1. The number of hydrogen-bond acceptors (Lipinski definition) is 0. The van der Waals surface area contributed by atoms with Gasteiger partial charge in [0.05, 0.1) is 0 Å². The lowest BCUT2D eigenvalue weighted by molar-refractivity contribution is 1.27. The molecule has 0 unspecified atom stereocenters. The third-order valence-corrected chi connectivity index (χ3v) is 6.14. The molecule has 2 N–H and O–H groups in total. The van der Waals surface area contributed by atoms with Crippen LogP contribution in [0.1, 0.15) is 11.1 Å². The average molecular weight is 344 g/mol. The summed E-state index contributed by atoms with van der Waals surface area (Å²) in [7, 11) is 0. The van der Waals surface area contributed by atoms with Gasteiger partial charge in [0.1, 0.15) is 0 Å². The van der Waals surface area contributed by atoms with E-state index in [9.17, 15) is 0 Å². The van der Waals surface area contributed by atoms with Crippen molar-refractivity contribution < 1.29 is 0 Å². The molecular formula is C25H16N2. The molecule has 2 nitrogen and oxygen atoms in total. The number of benzene rings is 4. The van der Waals surface area contributed by atoms with Gasteiger partial charge in [0.15, 0.2) is 0 Å². The van der Waals surface area contributed by atoms with Gasteiger partial charge in [0, 0.05) is 43.6 Å². The Hall–Kier alpha value is -3.52. The van der Waals surface area contributed by atoms with E-state index in [1.54, 1.807) is 0 Å². The molecule has 0 aliphatic heterocycles. The first-order chi connectivity index (χ1) is 13.3. The van der Waals surface area contributed by atoms with Crippen molar-refractivity contribution in [2.75, 3.05) is 0 Å². The van der Waals surface area contributed by atoms with Gasteiger partial charge in [-0.2, -0.15) is 0 Å². The summed E-state index contributed by atoms with van der Waals surface area (Å²) in [5.74, 6) is 0. The first-order valence-electron chi connectivity index (χ1n) is 9.42. The molecule has 0 saturated heterocycles. The molecule has 4 aromatic carbocycles. The van der Waals surface area contributed by atoms with Gasteiger partial charge in [-0.05, 0) is 59.0 Å². The molecule has 2 heterocycles. The summed E-state index contributed by atoms with van der Waals surface area (Å²) < 4.78 is 0. The van der Waals surface area contributed by atoms with E-state index in [-0.39, 0.29) is 0 Å². The van der Waals surface area contributed by atoms with Crippen molar-refractivity contribution in [3.63, 3.8) is 0 Å². The molecule has 0 fully saturated rings. The standard InChI is InChI=1S/C25H16N2/c1-2-6-16-14(5-1)9-15-10-23-20(11-18(15)16)21-12-19-17-7-3-4-8-22(17)26-24(19)13-25(21)27-23/h1-8,10-13,26-27H,9H2. The number of fused-ring (bicyclic) bond motifs is 9. The number of rotatable bonds is 0. The maximum Gasteiger partial charge on any atom is 0.0486 e. The van der Waals surface area contributed by atoms with E-state index in [0.29, 0.717) is 0 Å². The molecular weight excluding hydrogens is 328 g/mol. The van der Waals surface area contributed by atoms with E-state index in [4.69, 9.17) is 0 Å². The number of aromatic nitrogens is 2. The zero-order valence-electron chi connectivity index (χ0n) is 14.6. The molecule has 2 aromatic heterocycles. The third kappa shape index (κ3) is 1.70. The molecule has 126 valence electrons. The molecule has 0 amide bonds. The van der Waals surface area contributed by atoms with Crippen molar-refractivity contribution in [2.24, 2.45) is 0 Å². The molecule has 7 rings (SSSR count). The van der Waals surface area contributed by atoms with E-state index in [0.717, 1.165) is 6.42 Å². The Balaban J connectivity index is 1.60. The molecule has 0 bridgehead atoms. The Labute approximate surface area is 155 Å². The summed E-state index contributed by atoms with van der Waals surface area (Å²) in [5.41, 5.74) is 10.4. The second-order valence-electron chi connectivity index (χ2n) is 7.63. The highest BCUT2D eigenvalue weighted by molar-refractivity contribution is 6.18. The lowest BCUT2D eigenvalue weighted by atomic mass is 10.0. The minimum Gasteiger partial charge on any atom is -0.354 e. The molecule has 1 aliphatic carbocycles. The van der Waals surface area contributed by atoms with Gasteiger partial charge in [0.25, 0.3) is 0 Å². The summed E-state index contributed by atoms with van der Waals surface area (Å²) in [5, 5.41) is 5.19. The van der Waals surface area contributed by atoms with Gasteiger partial charge in [-0.1, -0.05) is 42.5 Å². The summed E-state index contributed by atoms with van der Waals surface area (Å²) in [4.78, 5) is 7.20. The SMILES string of the molecule is c1ccc2c(c1)Cc1cc3[nH]c4cc5[nH]c6ccccc6c5cc4c3cc1-2. The van der Waals surface area contributed by atoms with Crippen LogP contribution in [0.2, 0.25) is 0 Å². The molecule has 27 heavy (non-hydrogen) atoms. The number of H-pyrrole nitrogens is 2. The zero-order valence-corrected chi connectivity index (χ0v) is 14.6. The van der Waals surface area contributed by atoms with Crippen LogP contribution in [0, 0.1) is 0 Å². The van der Waals surface area contributed by atoms with Crippen molar-refractivity contribution in [1.29, 1.82) is 0 Å². The van der Waals surface area contributed by atoms with Crippen LogP contribution in [0.15, 0.2) is 72.8 Å². The average Bonchev–Trinajstić information content (AvgIpc) is 3.34. The smallest absolute Gasteiger partial charge is 0.0486 e. The van der Waals surface area contributed by atoms with E-state index < -0.39 is 0 Å². The molecule has 0 saturated carbocycles. The van der Waals surface area contributed by atoms with E-state index in [2.05, 4.69) is 82.8 Å². The van der Waals surface area contributed by atoms with Crippen molar-refractivity contribution in [2.45, 2.75) is 6.42 Å². The Morgan fingerprint density at radius 1 is 0.481 bits per heavy atom. The Kier molecular flexibility index (Phi) is 2.33. The maximum atomic E-state index is 3.65. The van der Waals surface area contributed by atoms with Gasteiger partial charge in [-0.25, -0.2) is 0 Å². The topological polar surface area (TPSA) is 31.6 Å².